The zero-order chi connectivity index (χ0) is 15.2. The van der Waals surface area contributed by atoms with Crippen LogP contribution in [0.5, 0.6) is 0 Å². The van der Waals surface area contributed by atoms with Crippen LogP contribution in [-0.2, 0) is 6.54 Å². The third-order valence-corrected chi connectivity index (χ3v) is 4.17. The van der Waals surface area contributed by atoms with Crippen LogP contribution in [0.3, 0.4) is 0 Å². The highest BCUT2D eigenvalue weighted by atomic mass is 35.5. The largest absolute Gasteiger partial charge is 0.329 e. The van der Waals surface area contributed by atoms with Gasteiger partial charge in [0.25, 0.3) is 0 Å². The van der Waals surface area contributed by atoms with Crippen molar-refractivity contribution in [1.82, 2.24) is 4.90 Å². The Morgan fingerprint density at radius 2 is 1.90 bits per heavy atom. The van der Waals surface area contributed by atoms with Crippen LogP contribution in [-0.4, -0.2) is 18.0 Å². The highest BCUT2D eigenvalue weighted by Gasteiger charge is 2.18. The molecule has 0 bridgehead atoms. The summed E-state index contributed by atoms with van der Waals surface area (Å²) in [5.74, 6) is 0. The number of hydrogen-bond acceptors (Lipinski definition) is 2. The maximum atomic E-state index is 6.12. The van der Waals surface area contributed by atoms with Crippen molar-refractivity contribution in [3.05, 3.63) is 70.2 Å². The van der Waals surface area contributed by atoms with Gasteiger partial charge >= 0.3 is 0 Å². The fourth-order valence-corrected chi connectivity index (χ4v) is 2.86. The number of nitrogens with two attached hydrogens (primary N) is 1. The molecule has 0 aliphatic heterocycles. The first kappa shape index (κ1) is 16.0. The molecule has 2 nitrogen and oxygen atoms in total. The van der Waals surface area contributed by atoms with Gasteiger partial charge in [-0.25, -0.2) is 0 Å². The quantitative estimate of drug-likeness (QED) is 0.868. The Kier molecular flexibility index (Phi) is 5.80. The molecule has 21 heavy (non-hydrogen) atoms. The Labute approximate surface area is 132 Å². The molecule has 0 radical (unpaired) electrons. The third kappa shape index (κ3) is 4.07. The number of likely N-dealkylation sites (N-methyl/N-ethyl adjacent to an activating group) is 1. The summed E-state index contributed by atoms with van der Waals surface area (Å²) < 4.78 is 0. The minimum atomic E-state index is 0.188. The number of benzene rings is 2. The van der Waals surface area contributed by atoms with E-state index in [1.807, 2.05) is 18.2 Å². The molecular formula is C18H23ClN2. The van der Waals surface area contributed by atoms with Gasteiger partial charge in [-0.1, -0.05) is 54.9 Å². The first-order valence-electron chi connectivity index (χ1n) is 7.39. The van der Waals surface area contributed by atoms with E-state index in [1.165, 1.54) is 16.7 Å². The van der Waals surface area contributed by atoms with E-state index >= 15 is 0 Å². The number of rotatable bonds is 6. The van der Waals surface area contributed by atoms with Gasteiger partial charge in [-0.2, -0.15) is 0 Å². The molecule has 0 aromatic heterocycles. The molecule has 0 heterocycles. The Morgan fingerprint density at radius 3 is 2.52 bits per heavy atom. The monoisotopic (exact) mass is 302 g/mol. The predicted octanol–water partition coefficient (Wildman–Crippen LogP) is 4.17. The molecule has 0 fully saturated rings. The highest BCUT2D eigenvalue weighted by molar-refractivity contribution is 6.30. The number of aryl methyl sites for hydroxylation is 1. The van der Waals surface area contributed by atoms with Crippen LogP contribution in [0.25, 0.3) is 0 Å². The highest BCUT2D eigenvalue weighted by Crippen LogP contribution is 2.24. The molecule has 1 atom stereocenters. The topological polar surface area (TPSA) is 29.3 Å². The zero-order valence-electron chi connectivity index (χ0n) is 12.7. The second kappa shape index (κ2) is 7.60. The van der Waals surface area contributed by atoms with Crippen LogP contribution >= 0.6 is 11.6 Å². The van der Waals surface area contributed by atoms with E-state index < -0.39 is 0 Å². The summed E-state index contributed by atoms with van der Waals surface area (Å²) in [4.78, 5) is 2.40. The minimum absolute atomic E-state index is 0.188. The average Bonchev–Trinajstić information content (AvgIpc) is 2.49. The lowest BCUT2D eigenvalue weighted by Crippen LogP contribution is -2.33. The molecule has 112 valence electrons. The maximum absolute atomic E-state index is 6.12. The van der Waals surface area contributed by atoms with Gasteiger partial charge in [0.05, 0.1) is 0 Å². The van der Waals surface area contributed by atoms with Gasteiger partial charge in [-0.05, 0) is 42.3 Å². The molecular weight excluding hydrogens is 280 g/mol. The van der Waals surface area contributed by atoms with Crippen molar-refractivity contribution in [2.24, 2.45) is 5.73 Å². The van der Waals surface area contributed by atoms with Crippen molar-refractivity contribution in [1.29, 1.82) is 0 Å². The fourth-order valence-electron chi connectivity index (χ4n) is 2.66. The molecule has 0 aliphatic carbocycles. The number of nitrogens with zero attached hydrogens (tertiary/aromatic N) is 1. The molecule has 0 saturated carbocycles. The van der Waals surface area contributed by atoms with Crippen LogP contribution in [0.15, 0.2) is 48.5 Å². The van der Waals surface area contributed by atoms with Gasteiger partial charge in [0.15, 0.2) is 0 Å². The van der Waals surface area contributed by atoms with E-state index in [0.29, 0.717) is 6.54 Å². The summed E-state index contributed by atoms with van der Waals surface area (Å²) in [5, 5.41) is 0.762. The van der Waals surface area contributed by atoms with E-state index in [-0.39, 0.29) is 6.04 Å². The van der Waals surface area contributed by atoms with Crippen molar-refractivity contribution >= 4 is 11.6 Å². The van der Waals surface area contributed by atoms with Crippen molar-refractivity contribution in [2.45, 2.75) is 26.4 Å². The van der Waals surface area contributed by atoms with Gasteiger partial charge < -0.3 is 5.73 Å². The Hall–Kier alpha value is -1.35. The van der Waals surface area contributed by atoms with Gasteiger partial charge in [-0.15, -0.1) is 0 Å². The molecule has 2 aromatic rings. The van der Waals surface area contributed by atoms with Crippen LogP contribution in [0.4, 0.5) is 0 Å². The SMILES string of the molecule is CCN(Cc1ccccc1C)C(CN)c1cccc(Cl)c1. The van der Waals surface area contributed by atoms with Crippen LogP contribution in [0.1, 0.15) is 29.7 Å². The molecule has 0 amide bonds. The number of halogens is 1. The average molecular weight is 303 g/mol. The molecule has 1 unspecified atom stereocenters. The molecule has 0 saturated heterocycles. The minimum Gasteiger partial charge on any atom is -0.329 e. The van der Waals surface area contributed by atoms with Crippen molar-refractivity contribution in [3.8, 4) is 0 Å². The summed E-state index contributed by atoms with van der Waals surface area (Å²) in [6.07, 6.45) is 0. The molecule has 3 heteroatoms. The van der Waals surface area contributed by atoms with Gasteiger partial charge in [0.2, 0.25) is 0 Å². The van der Waals surface area contributed by atoms with Crippen LogP contribution < -0.4 is 5.73 Å². The van der Waals surface area contributed by atoms with Crippen molar-refractivity contribution in [3.63, 3.8) is 0 Å². The Balaban J connectivity index is 2.24. The van der Waals surface area contributed by atoms with Crippen LogP contribution in [0.2, 0.25) is 5.02 Å². The molecule has 0 aliphatic rings. The fraction of sp³-hybridized carbons (Fsp3) is 0.333. The lowest BCUT2D eigenvalue weighted by atomic mass is 10.0. The first-order valence-corrected chi connectivity index (χ1v) is 7.77. The normalized spacial score (nSPS) is 12.6. The van der Waals surface area contributed by atoms with Crippen molar-refractivity contribution < 1.29 is 0 Å². The summed E-state index contributed by atoms with van der Waals surface area (Å²) >= 11 is 6.12. The Bertz CT molecular complexity index is 583. The summed E-state index contributed by atoms with van der Waals surface area (Å²) in [7, 11) is 0. The predicted molar refractivity (Wildman–Crippen MR) is 90.5 cm³/mol. The van der Waals surface area contributed by atoms with E-state index in [4.69, 9.17) is 17.3 Å². The lowest BCUT2D eigenvalue weighted by Gasteiger charge is -2.31. The van der Waals surface area contributed by atoms with Gasteiger partial charge in [-0.3, -0.25) is 4.90 Å². The van der Waals surface area contributed by atoms with E-state index in [0.717, 1.165) is 18.1 Å². The summed E-state index contributed by atoms with van der Waals surface area (Å²) in [6, 6.07) is 16.7. The van der Waals surface area contributed by atoms with E-state index in [2.05, 4.69) is 49.1 Å². The lowest BCUT2D eigenvalue weighted by molar-refractivity contribution is 0.203. The van der Waals surface area contributed by atoms with Gasteiger partial charge in [0.1, 0.15) is 0 Å². The number of hydrogen-bond donors (Lipinski definition) is 1. The van der Waals surface area contributed by atoms with Gasteiger partial charge in [0, 0.05) is 24.2 Å². The standard InChI is InChI=1S/C18H23ClN2/c1-3-21(13-16-8-5-4-7-14(16)2)18(12-20)15-9-6-10-17(19)11-15/h4-11,18H,3,12-13,20H2,1-2H3. The maximum Gasteiger partial charge on any atom is 0.0474 e. The first-order chi connectivity index (χ1) is 10.2. The van der Waals surface area contributed by atoms with E-state index in [1.54, 1.807) is 0 Å². The molecule has 0 spiro atoms. The molecule has 2 N–H and O–H groups in total. The summed E-state index contributed by atoms with van der Waals surface area (Å²) in [5.41, 5.74) is 9.88. The third-order valence-electron chi connectivity index (χ3n) is 3.94. The zero-order valence-corrected chi connectivity index (χ0v) is 13.5. The van der Waals surface area contributed by atoms with Crippen molar-refractivity contribution in [2.75, 3.05) is 13.1 Å². The second-order valence-electron chi connectivity index (χ2n) is 5.30. The second-order valence-corrected chi connectivity index (χ2v) is 5.73. The smallest absolute Gasteiger partial charge is 0.0474 e. The van der Waals surface area contributed by atoms with E-state index in [9.17, 15) is 0 Å². The Morgan fingerprint density at radius 1 is 1.14 bits per heavy atom. The van der Waals surface area contributed by atoms with Crippen LogP contribution in [0, 0.1) is 6.92 Å². The molecule has 2 aromatic carbocycles. The molecule has 2 rings (SSSR count). The summed E-state index contributed by atoms with van der Waals surface area (Å²) in [6.45, 7) is 6.76.